The summed E-state index contributed by atoms with van der Waals surface area (Å²) in [5.74, 6) is -0.415. The number of nitrogens with zero attached hydrogens (tertiary/aromatic N) is 3. The van der Waals surface area contributed by atoms with Gasteiger partial charge in [-0.05, 0) is 52.9 Å². The second-order valence-corrected chi connectivity index (χ2v) is 9.73. The van der Waals surface area contributed by atoms with Crippen LogP contribution >= 0.6 is 27.3 Å². The van der Waals surface area contributed by atoms with Gasteiger partial charge in [-0.25, -0.2) is 9.18 Å². The monoisotopic (exact) mass is 533 g/mol. The number of halogens is 2. The molecule has 4 aromatic rings. The first-order valence-electron chi connectivity index (χ1n) is 10.5. The largest absolute Gasteiger partial charge is 0.493 e. The Labute approximate surface area is 201 Å². The molecule has 5 heterocycles. The standard InChI is InChI=1S/C23H21BrFN3O4S/c1-30-20-19-21(33-22(20)23(29)31-2)17-15(10-13(24)11-27-17)28(19)18(12-5-8-32-9-6-12)16-14(25)4-3-7-26-16/h3-4,7,10-12,18H,5-6,8-9H2,1-2H3. The molecule has 7 nitrogen and oxygen atoms in total. The molecule has 0 spiro atoms. The topological polar surface area (TPSA) is 75.5 Å². The van der Waals surface area contributed by atoms with Crippen molar-refractivity contribution in [1.82, 2.24) is 14.5 Å². The molecule has 0 bridgehead atoms. The molecule has 0 saturated carbocycles. The molecule has 10 heteroatoms. The molecule has 0 radical (unpaired) electrons. The van der Waals surface area contributed by atoms with E-state index >= 15 is 4.39 Å². The van der Waals surface area contributed by atoms with Gasteiger partial charge in [0, 0.05) is 30.1 Å². The molecule has 0 aliphatic carbocycles. The van der Waals surface area contributed by atoms with Gasteiger partial charge in [-0.3, -0.25) is 9.97 Å². The first-order valence-corrected chi connectivity index (χ1v) is 12.1. The summed E-state index contributed by atoms with van der Waals surface area (Å²) >= 11 is 4.79. The summed E-state index contributed by atoms with van der Waals surface area (Å²) in [5, 5.41) is 0. The minimum Gasteiger partial charge on any atom is -0.493 e. The molecule has 172 valence electrons. The summed E-state index contributed by atoms with van der Waals surface area (Å²) in [6, 6.07) is 4.53. The number of carbonyl (C=O) groups excluding carboxylic acids is 1. The average Bonchev–Trinajstić information content (AvgIpc) is 3.35. The van der Waals surface area contributed by atoms with Gasteiger partial charge in [-0.2, -0.15) is 0 Å². The summed E-state index contributed by atoms with van der Waals surface area (Å²) in [5.41, 5.74) is 2.54. The Morgan fingerprint density at radius 1 is 1.33 bits per heavy atom. The van der Waals surface area contributed by atoms with Gasteiger partial charge in [0.05, 0.1) is 36.2 Å². The molecule has 33 heavy (non-hydrogen) atoms. The number of thiophene rings is 1. The molecule has 0 aromatic carbocycles. The number of methoxy groups -OCH3 is 2. The molecule has 5 rings (SSSR count). The highest BCUT2D eigenvalue weighted by atomic mass is 79.9. The zero-order valence-electron chi connectivity index (χ0n) is 18.0. The van der Waals surface area contributed by atoms with Crippen LogP contribution in [-0.4, -0.2) is 47.9 Å². The Balaban J connectivity index is 1.89. The molecule has 1 aliphatic heterocycles. The van der Waals surface area contributed by atoms with Gasteiger partial charge in [0.15, 0.2) is 10.6 Å². The number of pyridine rings is 2. The van der Waals surface area contributed by atoms with E-state index in [0.29, 0.717) is 40.6 Å². The lowest BCUT2D eigenvalue weighted by Crippen LogP contribution is -2.28. The molecule has 0 N–H and O–H groups in total. The maximum atomic E-state index is 15.2. The number of aromatic nitrogens is 3. The van der Waals surface area contributed by atoms with Crippen molar-refractivity contribution in [2.45, 2.75) is 18.9 Å². The van der Waals surface area contributed by atoms with E-state index in [-0.39, 0.29) is 11.7 Å². The minimum atomic E-state index is -0.489. The Kier molecular flexibility index (Phi) is 6.07. The number of esters is 1. The molecule has 1 atom stereocenters. The first-order chi connectivity index (χ1) is 16.0. The maximum Gasteiger partial charge on any atom is 0.351 e. The fourth-order valence-corrected chi connectivity index (χ4v) is 6.11. The van der Waals surface area contributed by atoms with E-state index in [1.54, 1.807) is 18.5 Å². The Hall–Kier alpha value is -2.56. The lowest BCUT2D eigenvalue weighted by molar-refractivity contribution is 0.0542. The maximum absolute atomic E-state index is 15.2. The van der Waals surface area contributed by atoms with Gasteiger partial charge < -0.3 is 18.8 Å². The number of carbonyl (C=O) groups is 1. The zero-order valence-corrected chi connectivity index (χ0v) is 20.4. The summed E-state index contributed by atoms with van der Waals surface area (Å²) in [6.45, 7) is 1.18. The normalized spacial score (nSPS) is 15.8. The van der Waals surface area contributed by atoms with Crippen molar-refractivity contribution < 1.29 is 23.4 Å². The number of hydrogen-bond acceptors (Lipinski definition) is 7. The highest BCUT2D eigenvalue weighted by Crippen LogP contribution is 2.48. The average molecular weight is 534 g/mol. The number of hydrogen-bond donors (Lipinski definition) is 0. The SMILES string of the molecule is COC(=O)c1sc2c3ncc(Br)cc3n(C(c3ncccc3F)C3CCOCC3)c2c1OC. The van der Waals surface area contributed by atoms with E-state index in [9.17, 15) is 4.79 Å². The molecular formula is C23H21BrFN3O4S. The van der Waals surface area contributed by atoms with E-state index in [2.05, 4.69) is 25.9 Å². The van der Waals surface area contributed by atoms with Crippen LogP contribution in [0.4, 0.5) is 4.39 Å². The van der Waals surface area contributed by atoms with Crippen LogP contribution in [0.2, 0.25) is 0 Å². The van der Waals surface area contributed by atoms with Crippen LogP contribution in [0.1, 0.15) is 34.2 Å². The second-order valence-electron chi connectivity index (χ2n) is 7.79. The fraction of sp³-hybridized carbons (Fsp3) is 0.348. The third-order valence-corrected chi connectivity index (χ3v) is 7.60. The van der Waals surface area contributed by atoms with Crippen LogP contribution < -0.4 is 4.74 Å². The van der Waals surface area contributed by atoms with Crippen LogP contribution in [0.25, 0.3) is 21.3 Å². The molecule has 4 aromatic heterocycles. The van der Waals surface area contributed by atoms with Gasteiger partial charge in [-0.15, -0.1) is 11.3 Å². The van der Waals surface area contributed by atoms with Gasteiger partial charge >= 0.3 is 5.97 Å². The highest BCUT2D eigenvalue weighted by molar-refractivity contribution is 9.10. The quantitative estimate of drug-likeness (QED) is 0.321. The number of fused-ring (bicyclic) bond motifs is 3. The molecule has 1 fully saturated rings. The molecule has 1 aliphatic rings. The molecule has 0 amide bonds. The zero-order chi connectivity index (χ0) is 23.1. The van der Waals surface area contributed by atoms with Crippen molar-refractivity contribution in [3.63, 3.8) is 0 Å². The van der Waals surface area contributed by atoms with Gasteiger partial charge in [0.2, 0.25) is 0 Å². The predicted octanol–water partition coefficient (Wildman–Crippen LogP) is 5.36. The highest BCUT2D eigenvalue weighted by Gasteiger charge is 2.36. The van der Waals surface area contributed by atoms with Gasteiger partial charge in [0.1, 0.15) is 16.9 Å². The third-order valence-electron chi connectivity index (χ3n) is 6.02. The van der Waals surface area contributed by atoms with Gasteiger partial charge in [0.25, 0.3) is 0 Å². The Morgan fingerprint density at radius 3 is 2.82 bits per heavy atom. The van der Waals surface area contributed by atoms with Crippen molar-refractivity contribution >= 4 is 54.5 Å². The van der Waals surface area contributed by atoms with Crippen molar-refractivity contribution in [2.24, 2.45) is 5.92 Å². The molecule has 1 saturated heterocycles. The molecular weight excluding hydrogens is 513 g/mol. The number of ether oxygens (including phenoxy) is 3. The van der Waals surface area contributed by atoms with Crippen molar-refractivity contribution in [2.75, 3.05) is 27.4 Å². The van der Waals surface area contributed by atoms with Crippen LogP contribution in [-0.2, 0) is 9.47 Å². The van der Waals surface area contributed by atoms with Crippen molar-refractivity contribution in [1.29, 1.82) is 0 Å². The Morgan fingerprint density at radius 2 is 2.12 bits per heavy atom. The summed E-state index contributed by atoms with van der Waals surface area (Å²) in [7, 11) is 2.85. The fourth-order valence-electron chi connectivity index (χ4n) is 4.60. The minimum absolute atomic E-state index is 0.0621. The summed E-state index contributed by atoms with van der Waals surface area (Å²) in [6.07, 6.45) is 4.81. The molecule has 1 unspecified atom stereocenters. The number of rotatable bonds is 5. The summed E-state index contributed by atoms with van der Waals surface area (Å²) < 4.78 is 35.1. The van der Waals surface area contributed by atoms with E-state index in [4.69, 9.17) is 14.2 Å². The van der Waals surface area contributed by atoms with E-state index in [0.717, 1.165) is 27.5 Å². The first kappa shape index (κ1) is 22.2. The van der Waals surface area contributed by atoms with E-state index < -0.39 is 12.0 Å². The van der Waals surface area contributed by atoms with Gasteiger partial charge in [-0.1, -0.05) is 0 Å². The second kappa shape index (κ2) is 9.00. The predicted molar refractivity (Wildman–Crippen MR) is 127 cm³/mol. The smallest absolute Gasteiger partial charge is 0.351 e. The van der Waals surface area contributed by atoms with E-state index in [1.165, 1.54) is 31.6 Å². The van der Waals surface area contributed by atoms with Crippen LogP contribution in [0, 0.1) is 11.7 Å². The lowest BCUT2D eigenvalue weighted by Gasteiger charge is -2.32. The van der Waals surface area contributed by atoms with Crippen LogP contribution in [0.5, 0.6) is 5.75 Å². The van der Waals surface area contributed by atoms with E-state index in [1.807, 2.05) is 10.6 Å². The van der Waals surface area contributed by atoms with Crippen molar-refractivity contribution in [3.05, 3.63) is 51.5 Å². The van der Waals surface area contributed by atoms with Crippen LogP contribution in [0.3, 0.4) is 0 Å². The third kappa shape index (κ3) is 3.70. The summed E-state index contributed by atoms with van der Waals surface area (Å²) in [4.78, 5) is 22.0. The van der Waals surface area contributed by atoms with Crippen molar-refractivity contribution in [3.8, 4) is 5.75 Å². The lowest BCUT2D eigenvalue weighted by atomic mass is 9.88. The van der Waals surface area contributed by atoms with Crippen LogP contribution in [0.15, 0.2) is 35.1 Å². The Bertz CT molecular complexity index is 1350.